The maximum Gasteiger partial charge on any atom is 0.349 e. The van der Waals surface area contributed by atoms with Gasteiger partial charge < -0.3 is 9.72 Å². The number of hydrogen-bond donors (Lipinski definition) is 1. The van der Waals surface area contributed by atoms with E-state index in [4.69, 9.17) is 4.74 Å². The van der Waals surface area contributed by atoms with Crippen molar-refractivity contribution in [2.45, 2.75) is 59.5 Å². The number of thiophene rings is 1. The Labute approximate surface area is 156 Å². The van der Waals surface area contributed by atoms with Gasteiger partial charge in [-0.1, -0.05) is 0 Å². The van der Waals surface area contributed by atoms with Crippen molar-refractivity contribution in [3.05, 3.63) is 43.9 Å². The first-order valence-electron chi connectivity index (χ1n) is 8.86. The Balaban J connectivity index is 1.75. The fraction of sp³-hybridized carbons (Fsp3) is 0.450. The lowest BCUT2D eigenvalue weighted by atomic mass is 9.99. The standard InChI is InChI=1S/C20H23NO4S/c1-10-17(12(3)22)11(2)21-18(10)19(23)13(4)25-20(24)16-9-14-7-5-6-8-15(14)26-16/h9,13,21H,5-8H2,1-4H3/t13-/m0/s1. The second-order valence-electron chi connectivity index (χ2n) is 6.86. The zero-order valence-corrected chi connectivity index (χ0v) is 16.3. The molecule has 0 aromatic carbocycles. The molecular formula is C20H23NO4S. The molecule has 2 heterocycles. The van der Waals surface area contributed by atoms with E-state index in [2.05, 4.69) is 4.98 Å². The minimum absolute atomic E-state index is 0.0934. The van der Waals surface area contributed by atoms with E-state index in [1.54, 1.807) is 20.8 Å². The van der Waals surface area contributed by atoms with Crippen LogP contribution in [0, 0.1) is 13.8 Å². The molecule has 0 amide bonds. The normalized spacial score (nSPS) is 14.6. The number of fused-ring (bicyclic) bond motifs is 1. The Kier molecular flexibility index (Phi) is 5.14. The van der Waals surface area contributed by atoms with Gasteiger partial charge in [-0.15, -0.1) is 11.3 Å². The molecule has 0 radical (unpaired) electrons. The first-order chi connectivity index (χ1) is 12.3. The van der Waals surface area contributed by atoms with Gasteiger partial charge >= 0.3 is 5.97 Å². The number of ether oxygens (including phenoxy) is 1. The number of nitrogens with one attached hydrogen (secondary N) is 1. The predicted molar refractivity (Wildman–Crippen MR) is 100 cm³/mol. The first kappa shape index (κ1) is 18.6. The second kappa shape index (κ2) is 7.19. The molecule has 1 N–H and O–H groups in total. The van der Waals surface area contributed by atoms with Crippen molar-refractivity contribution in [1.82, 2.24) is 4.98 Å². The van der Waals surface area contributed by atoms with Crippen molar-refractivity contribution in [3.8, 4) is 0 Å². The second-order valence-corrected chi connectivity index (χ2v) is 8.00. The molecule has 1 atom stereocenters. The average molecular weight is 373 g/mol. The van der Waals surface area contributed by atoms with Gasteiger partial charge in [-0.3, -0.25) is 9.59 Å². The summed E-state index contributed by atoms with van der Waals surface area (Å²) >= 11 is 1.47. The highest BCUT2D eigenvalue weighted by atomic mass is 32.1. The molecule has 138 valence electrons. The number of carbonyl (C=O) groups is 3. The number of rotatable bonds is 5. The number of aryl methyl sites for hydroxylation is 3. The molecule has 0 fully saturated rings. The minimum atomic E-state index is -0.918. The van der Waals surface area contributed by atoms with Crippen molar-refractivity contribution in [3.63, 3.8) is 0 Å². The van der Waals surface area contributed by atoms with Crippen LogP contribution in [-0.2, 0) is 17.6 Å². The molecule has 6 heteroatoms. The fourth-order valence-electron chi connectivity index (χ4n) is 3.59. The molecule has 5 nitrogen and oxygen atoms in total. The molecule has 0 spiro atoms. The number of aromatic nitrogens is 1. The highest BCUT2D eigenvalue weighted by molar-refractivity contribution is 7.14. The zero-order valence-electron chi connectivity index (χ0n) is 15.5. The quantitative estimate of drug-likeness (QED) is 0.629. The van der Waals surface area contributed by atoms with Gasteiger partial charge in [0.1, 0.15) is 4.88 Å². The van der Waals surface area contributed by atoms with Crippen molar-refractivity contribution in [1.29, 1.82) is 0 Å². The Morgan fingerprint density at radius 2 is 1.88 bits per heavy atom. The molecular weight excluding hydrogens is 350 g/mol. The third-order valence-electron chi connectivity index (χ3n) is 4.89. The molecule has 2 aromatic heterocycles. The van der Waals surface area contributed by atoms with E-state index in [1.165, 1.54) is 28.7 Å². The van der Waals surface area contributed by atoms with E-state index in [0.717, 1.165) is 25.7 Å². The van der Waals surface area contributed by atoms with Gasteiger partial charge in [-0.05, 0) is 70.6 Å². The molecule has 3 rings (SSSR count). The number of Topliss-reactive ketones (excluding diaryl/α,β-unsaturated/α-hetero) is 2. The van der Waals surface area contributed by atoms with Gasteiger partial charge in [0.05, 0.1) is 5.69 Å². The van der Waals surface area contributed by atoms with Crippen LogP contribution >= 0.6 is 11.3 Å². The van der Waals surface area contributed by atoms with Crippen molar-refractivity contribution in [2.75, 3.05) is 0 Å². The Morgan fingerprint density at radius 1 is 1.19 bits per heavy atom. The van der Waals surface area contributed by atoms with Gasteiger partial charge in [-0.25, -0.2) is 4.79 Å². The Morgan fingerprint density at radius 3 is 2.50 bits per heavy atom. The molecule has 2 aromatic rings. The van der Waals surface area contributed by atoms with Gasteiger partial charge in [0, 0.05) is 16.1 Å². The summed E-state index contributed by atoms with van der Waals surface area (Å²) in [6.07, 6.45) is 3.40. The van der Waals surface area contributed by atoms with Gasteiger partial charge in [0.15, 0.2) is 11.9 Å². The predicted octanol–water partition coefficient (Wildman–Crippen LogP) is 4.20. The lowest BCUT2D eigenvalue weighted by Gasteiger charge is -2.11. The van der Waals surface area contributed by atoms with Crippen molar-refractivity contribution >= 4 is 28.9 Å². The molecule has 0 saturated carbocycles. The zero-order chi connectivity index (χ0) is 19.0. The highest BCUT2D eigenvalue weighted by Crippen LogP contribution is 2.30. The van der Waals surface area contributed by atoms with Crippen LogP contribution in [0.5, 0.6) is 0 Å². The topological polar surface area (TPSA) is 76.2 Å². The molecule has 0 saturated heterocycles. The minimum Gasteiger partial charge on any atom is -0.450 e. The average Bonchev–Trinajstić information content (AvgIpc) is 3.14. The van der Waals surface area contributed by atoms with E-state index >= 15 is 0 Å². The number of carbonyl (C=O) groups excluding carboxylic acids is 3. The monoisotopic (exact) mass is 373 g/mol. The molecule has 1 aliphatic rings. The van der Waals surface area contributed by atoms with Crippen LogP contribution in [0.3, 0.4) is 0 Å². The summed E-state index contributed by atoms with van der Waals surface area (Å²) in [4.78, 5) is 41.7. The highest BCUT2D eigenvalue weighted by Gasteiger charge is 2.27. The van der Waals surface area contributed by atoms with Gasteiger partial charge in [0.25, 0.3) is 0 Å². The van der Waals surface area contributed by atoms with E-state index < -0.39 is 12.1 Å². The summed E-state index contributed by atoms with van der Waals surface area (Å²) in [6, 6.07) is 1.90. The van der Waals surface area contributed by atoms with Gasteiger partial charge in [-0.2, -0.15) is 0 Å². The van der Waals surface area contributed by atoms with Crippen LogP contribution in [0.25, 0.3) is 0 Å². The molecule has 0 bridgehead atoms. The van der Waals surface area contributed by atoms with E-state index in [1.807, 2.05) is 6.07 Å². The van der Waals surface area contributed by atoms with Gasteiger partial charge in [0.2, 0.25) is 5.78 Å². The number of H-pyrrole nitrogens is 1. The van der Waals surface area contributed by atoms with Crippen molar-refractivity contribution < 1.29 is 19.1 Å². The van der Waals surface area contributed by atoms with E-state index in [0.29, 0.717) is 27.4 Å². The lowest BCUT2D eigenvalue weighted by Crippen LogP contribution is -2.25. The smallest absolute Gasteiger partial charge is 0.349 e. The van der Waals surface area contributed by atoms with Crippen LogP contribution in [-0.4, -0.2) is 28.6 Å². The van der Waals surface area contributed by atoms with Crippen molar-refractivity contribution in [2.24, 2.45) is 0 Å². The maximum absolute atomic E-state index is 12.7. The molecule has 26 heavy (non-hydrogen) atoms. The first-order valence-corrected chi connectivity index (χ1v) is 9.68. The summed E-state index contributed by atoms with van der Waals surface area (Å²) in [5.74, 6) is -0.880. The summed E-state index contributed by atoms with van der Waals surface area (Å²) in [5.41, 5.74) is 3.35. The number of hydrogen-bond acceptors (Lipinski definition) is 5. The number of esters is 1. The largest absolute Gasteiger partial charge is 0.450 e. The number of ketones is 2. The Bertz CT molecular complexity index is 867. The van der Waals surface area contributed by atoms with Crippen LogP contribution in [0.2, 0.25) is 0 Å². The summed E-state index contributed by atoms with van der Waals surface area (Å²) in [7, 11) is 0. The van der Waals surface area contributed by atoms with Crippen LogP contribution in [0.1, 0.15) is 78.9 Å². The molecule has 0 unspecified atom stereocenters. The van der Waals surface area contributed by atoms with Crippen LogP contribution in [0.15, 0.2) is 6.07 Å². The summed E-state index contributed by atoms with van der Waals surface area (Å²) in [5, 5.41) is 0. The SMILES string of the molecule is CC(=O)c1c(C)[nH]c(C(=O)[C@H](C)OC(=O)c2cc3c(s2)CCCC3)c1C. The molecule has 0 aliphatic heterocycles. The fourth-order valence-corrected chi connectivity index (χ4v) is 4.73. The maximum atomic E-state index is 12.7. The summed E-state index contributed by atoms with van der Waals surface area (Å²) in [6.45, 7) is 6.53. The van der Waals surface area contributed by atoms with Crippen LogP contribution in [0.4, 0.5) is 0 Å². The third kappa shape index (κ3) is 3.38. The van der Waals surface area contributed by atoms with E-state index in [-0.39, 0.29) is 11.6 Å². The number of aromatic amines is 1. The third-order valence-corrected chi connectivity index (χ3v) is 6.10. The summed E-state index contributed by atoms with van der Waals surface area (Å²) < 4.78 is 5.41. The Hall–Kier alpha value is -2.21. The lowest BCUT2D eigenvalue weighted by molar-refractivity contribution is 0.0321. The molecule has 1 aliphatic carbocycles. The van der Waals surface area contributed by atoms with E-state index in [9.17, 15) is 14.4 Å². The van der Waals surface area contributed by atoms with Crippen LogP contribution < -0.4 is 0 Å².